The van der Waals surface area contributed by atoms with Crippen LogP contribution in [0.3, 0.4) is 0 Å². The van der Waals surface area contributed by atoms with Crippen molar-refractivity contribution in [1.29, 1.82) is 0 Å². The van der Waals surface area contributed by atoms with E-state index in [2.05, 4.69) is 10.2 Å². The molecule has 0 aliphatic heterocycles. The molecule has 0 unspecified atom stereocenters. The second kappa shape index (κ2) is 6.76. The average Bonchev–Trinajstić information content (AvgIpc) is 3.19. The molecule has 0 saturated heterocycles. The van der Waals surface area contributed by atoms with Gasteiger partial charge in [0.1, 0.15) is 11.5 Å². The molecule has 0 spiro atoms. The smallest absolute Gasteiger partial charge is 0.189 e. The minimum absolute atomic E-state index is 0.0599. The van der Waals surface area contributed by atoms with Crippen LogP contribution in [0, 0.1) is 0 Å². The number of fused-ring (bicyclic) bond motifs is 3. The van der Waals surface area contributed by atoms with Gasteiger partial charge in [0.2, 0.25) is 0 Å². The van der Waals surface area contributed by atoms with E-state index in [9.17, 15) is 5.11 Å². The third kappa shape index (κ3) is 2.85. The summed E-state index contributed by atoms with van der Waals surface area (Å²) >= 11 is 6.13. The highest BCUT2D eigenvalue weighted by molar-refractivity contribution is 6.30. The van der Waals surface area contributed by atoms with Crippen molar-refractivity contribution < 1.29 is 9.84 Å². The summed E-state index contributed by atoms with van der Waals surface area (Å²) in [6, 6.07) is 20.4. The summed E-state index contributed by atoms with van der Waals surface area (Å²) in [5, 5.41) is 26.2. The number of phenolic OH excluding ortho intramolecular Hbond substituents is 1. The van der Waals surface area contributed by atoms with E-state index >= 15 is 0 Å². The third-order valence-electron chi connectivity index (χ3n) is 4.83. The lowest BCUT2D eigenvalue weighted by atomic mass is 10.0. The Morgan fingerprint density at radius 3 is 2.45 bits per heavy atom. The highest BCUT2D eigenvalue weighted by Gasteiger charge is 2.18. The first-order chi connectivity index (χ1) is 14.2. The lowest BCUT2D eigenvalue weighted by Gasteiger charge is -2.10. The first-order valence-electron chi connectivity index (χ1n) is 8.93. The van der Waals surface area contributed by atoms with Crippen LogP contribution < -0.4 is 4.74 Å². The summed E-state index contributed by atoms with van der Waals surface area (Å²) in [6.07, 6.45) is 0. The summed E-state index contributed by atoms with van der Waals surface area (Å²) in [6.45, 7) is 0. The van der Waals surface area contributed by atoms with E-state index < -0.39 is 0 Å². The van der Waals surface area contributed by atoms with Crippen molar-refractivity contribution in [3.05, 3.63) is 71.8 Å². The molecule has 0 amide bonds. The minimum Gasteiger partial charge on any atom is -0.507 e. The standard InChI is InChI=1S/C22H15ClN4O2/c1-29-15-9-6-13(7-10-15)20-16-4-2-3-5-17(16)21-24-25-22(27(21)26-20)18-12-14(23)8-11-19(18)28/h2-12,28H,1H3. The topological polar surface area (TPSA) is 72.5 Å². The number of aromatic hydroxyl groups is 1. The van der Waals surface area contributed by atoms with Crippen molar-refractivity contribution in [3.8, 4) is 34.1 Å². The molecule has 0 fully saturated rings. The van der Waals surface area contributed by atoms with E-state index in [-0.39, 0.29) is 5.75 Å². The predicted molar refractivity (Wildman–Crippen MR) is 112 cm³/mol. The van der Waals surface area contributed by atoms with E-state index in [4.69, 9.17) is 21.4 Å². The first-order valence-corrected chi connectivity index (χ1v) is 9.31. The van der Waals surface area contributed by atoms with Crippen LogP contribution in [0.25, 0.3) is 39.1 Å². The predicted octanol–water partition coefficient (Wildman–Crippen LogP) is 4.98. The molecule has 2 aromatic heterocycles. The SMILES string of the molecule is COc1ccc(-c2nn3c(-c4cc(Cl)ccc4O)nnc3c3ccccc23)cc1. The van der Waals surface area contributed by atoms with Crippen LogP contribution in [-0.2, 0) is 0 Å². The second-order valence-corrected chi connectivity index (χ2v) is 6.98. The summed E-state index contributed by atoms with van der Waals surface area (Å²) < 4.78 is 6.91. The maximum absolute atomic E-state index is 10.3. The molecule has 5 aromatic rings. The van der Waals surface area contributed by atoms with Crippen LogP contribution in [0.5, 0.6) is 11.5 Å². The monoisotopic (exact) mass is 402 g/mol. The van der Waals surface area contributed by atoms with Crippen molar-refractivity contribution in [2.75, 3.05) is 7.11 Å². The number of rotatable bonds is 3. The maximum Gasteiger partial charge on any atom is 0.189 e. The van der Waals surface area contributed by atoms with Crippen LogP contribution in [0.15, 0.2) is 66.7 Å². The van der Waals surface area contributed by atoms with Gasteiger partial charge in [-0.05, 0) is 42.5 Å². The molecule has 0 aliphatic carbocycles. The van der Waals surface area contributed by atoms with Gasteiger partial charge in [0.05, 0.1) is 18.4 Å². The molecule has 5 rings (SSSR count). The van der Waals surface area contributed by atoms with Crippen LogP contribution in [0.1, 0.15) is 0 Å². The number of halogens is 1. The number of phenols is 1. The Hall–Kier alpha value is -3.64. The number of benzene rings is 3. The lowest BCUT2D eigenvalue weighted by Crippen LogP contribution is -1.99. The fourth-order valence-corrected chi connectivity index (χ4v) is 3.57. The Morgan fingerprint density at radius 2 is 1.69 bits per heavy atom. The fraction of sp³-hybridized carbons (Fsp3) is 0.0455. The molecule has 0 radical (unpaired) electrons. The van der Waals surface area contributed by atoms with Crippen molar-refractivity contribution in [2.24, 2.45) is 0 Å². The number of methoxy groups -OCH3 is 1. The van der Waals surface area contributed by atoms with Crippen LogP contribution >= 0.6 is 11.6 Å². The highest BCUT2D eigenvalue weighted by atomic mass is 35.5. The normalized spacial score (nSPS) is 11.2. The molecule has 0 aliphatic rings. The molecule has 1 N–H and O–H groups in total. The van der Waals surface area contributed by atoms with E-state index in [1.54, 1.807) is 23.8 Å². The Labute approximate surface area is 171 Å². The van der Waals surface area contributed by atoms with Crippen molar-refractivity contribution in [3.63, 3.8) is 0 Å². The van der Waals surface area contributed by atoms with E-state index in [1.807, 2.05) is 48.5 Å². The Kier molecular flexibility index (Phi) is 4.07. The van der Waals surface area contributed by atoms with Crippen molar-refractivity contribution in [1.82, 2.24) is 19.8 Å². The quantitative estimate of drug-likeness (QED) is 0.460. The van der Waals surface area contributed by atoms with Gasteiger partial charge in [0.15, 0.2) is 11.5 Å². The molecular weight excluding hydrogens is 388 g/mol. The van der Waals surface area contributed by atoms with Crippen LogP contribution in [-0.4, -0.2) is 32.0 Å². The molecule has 29 heavy (non-hydrogen) atoms. The van der Waals surface area contributed by atoms with Crippen LogP contribution in [0.2, 0.25) is 5.02 Å². The van der Waals surface area contributed by atoms with Gasteiger partial charge in [-0.1, -0.05) is 35.9 Å². The van der Waals surface area contributed by atoms with Crippen molar-refractivity contribution in [2.45, 2.75) is 0 Å². The van der Waals surface area contributed by atoms with Gasteiger partial charge in [-0.3, -0.25) is 0 Å². The fourth-order valence-electron chi connectivity index (χ4n) is 3.40. The number of aromatic nitrogens is 4. The molecule has 7 heteroatoms. The van der Waals surface area contributed by atoms with E-state index in [0.717, 1.165) is 27.8 Å². The van der Waals surface area contributed by atoms with Gasteiger partial charge in [-0.15, -0.1) is 10.2 Å². The molecule has 3 aromatic carbocycles. The lowest BCUT2D eigenvalue weighted by molar-refractivity contribution is 0.415. The van der Waals surface area contributed by atoms with E-state index in [1.165, 1.54) is 6.07 Å². The zero-order valence-electron chi connectivity index (χ0n) is 15.4. The molecule has 0 saturated carbocycles. The highest BCUT2D eigenvalue weighted by Crippen LogP contribution is 2.34. The molecule has 142 valence electrons. The first kappa shape index (κ1) is 17.5. The molecular formula is C22H15ClN4O2. The Balaban J connectivity index is 1.83. The van der Waals surface area contributed by atoms with Gasteiger partial charge in [-0.2, -0.15) is 9.61 Å². The van der Waals surface area contributed by atoms with Gasteiger partial charge >= 0.3 is 0 Å². The summed E-state index contributed by atoms with van der Waals surface area (Å²) in [7, 11) is 1.63. The van der Waals surface area contributed by atoms with Gasteiger partial charge in [-0.25, -0.2) is 0 Å². The zero-order chi connectivity index (χ0) is 20.0. The Bertz CT molecular complexity index is 1360. The zero-order valence-corrected chi connectivity index (χ0v) is 16.1. The molecule has 2 heterocycles. The molecule has 0 bridgehead atoms. The molecule has 0 atom stereocenters. The van der Waals surface area contributed by atoms with Gasteiger partial charge in [0, 0.05) is 21.4 Å². The largest absolute Gasteiger partial charge is 0.507 e. The summed E-state index contributed by atoms with van der Waals surface area (Å²) in [5.41, 5.74) is 2.78. The van der Waals surface area contributed by atoms with E-state index in [0.29, 0.717) is 22.1 Å². The second-order valence-electron chi connectivity index (χ2n) is 6.54. The Morgan fingerprint density at radius 1 is 0.931 bits per heavy atom. The van der Waals surface area contributed by atoms with Gasteiger partial charge in [0.25, 0.3) is 0 Å². The van der Waals surface area contributed by atoms with Crippen LogP contribution in [0.4, 0.5) is 0 Å². The van der Waals surface area contributed by atoms with Crippen molar-refractivity contribution >= 4 is 28.0 Å². The summed E-state index contributed by atoms with van der Waals surface area (Å²) in [5.74, 6) is 1.25. The third-order valence-corrected chi connectivity index (χ3v) is 5.06. The molecule has 6 nitrogen and oxygen atoms in total. The average molecular weight is 403 g/mol. The number of hydrogen-bond acceptors (Lipinski definition) is 5. The number of hydrogen-bond donors (Lipinski definition) is 1. The number of nitrogens with zero attached hydrogens (tertiary/aromatic N) is 4. The minimum atomic E-state index is 0.0599. The number of ether oxygens (including phenoxy) is 1. The summed E-state index contributed by atoms with van der Waals surface area (Å²) in [4.78, 5) is 0. The van der Waals surface area contributed by atoms with Gasteiger partial charge < -0.3 is 9.84 Å². The maximum atomic E-state index is 10.3.